The highest BCUT2D eigenvalue weighted by Crippen LogP contribution is 2.28. The van der Waals surface area contributed by atoms with Gasteiger partial charge < -0.3 is 14.3 Å². The second-order valence-corrected chi connectivity index (χ2v) is 3.02. The van der Waals surface area contributed by atoms with Crippen LogP contribution in [0.2, 0.25) is 0 Å². The molecule has 0 aliphatic carbocycles. The molecule has 0 saturated heterocycles. The molecule has 1 aliphatic heterocycles. The van der Waals surface area contributed by atoms with Crippen LogP contribution < -0.4 is 5.32 Å². The van der Waals surface area contributed by atoms with Gasteiger partial charge in [-0.1, -0.05) is 5.16 Å². The number of fused-ring (bicyclic) bond motifs is 1. The van der Waals surface area contributed by atoms with Crippen molar-refractivity contribution in [1.29, 1.82) is 0 Å². The molecule has 2 aromatic heterocycles. The van der Waals surface area contributed by atoms with E-state index in [0.717, 1.165) is 35.9 Å². The summed E-state index contributed by atoms with van der Waals surface area (Å²) in [6, 6.07) is 3.71. The minimum Gasteiger partial charge on any atom is -0.461 e. The smallest absolute Gasteiger partial charge is 0.206 e. The van der Waals surface area contributed by atoms with Crippen LogP contribution in [0.4, 0.5) is 0 Å². The Bertz CT molecular complexity index is 417. The van der Waals surface area contributed by atoms with Crippen LogP contribution in [0.3, 0.4) is 0 Å². The molecule has 1 aliphatic rings. The second-order valence-electron chi connectivity index (χ2n) is 3.02. The Morgan fingerprint density at radius 1 is 1.38 bits per heavy atom. The van der Waals surface area contributed by atoms with Gasteiger partial charge in [-0.2, -0.15) is 0 Å². The van der Waals surface area contributed by atoms with Crippen molar-refractivity contribution in [2.75, 3.05) is 0 Å². The van der Waals surface area contributed by atoms with E-state index in [4.69, 9.17) is 8.94 Å². The fraction of sp³-hybridized carbons (Fsp3) is 0.222. The first-order valence-electron chi connectivity index (χ1n) is 4.17. The monoisotopic (exact) mass is 176 g/mol. The topological polar surface area (TPSA) is 51.2 Å². The quantitative estimate of drug-likeness (QED) is 0.716. The predicted octanol–water partition coefficient (Wildman–Crippen LogP) is 1.54. The summed E-state index contributed by atoms with van der Waals surface area (Å²) in [7, 11) is 0. The SMILES string of the molecule is c1coc(-c2onc3c2CNC3)c1. The highest BCUT2D eigenvalue weighted by molar-refractivity contribution is 5.56. The van der Waals surface area contributed by atoms with E-state index in [0.29, 0.717) is 0 Å². The molecular formula is C9H8N2O2. The predicted molar refractivity (Wildman–Crippen MR) is 44.7 cm³/mol. The Morgan fingerprint density at radius 2 is 2.38 bits per heavy atom. The average Bonchev–Trinajstić information content (AvgIpc) is 2.79. The zero-order valence-electron chi connectivity index (χ0n) is 6.91. The summed E-state index contributed by atoms with van der Waals surface area (Å²) >= 11 is 0. The van der Waals surface area contributed by atoms with Gasteiger partial charge in [-0.05, 0) is 12.1 Å². The highest BCUT2D eigenvalue weighted by Gasteiger charge is 2.22. The van der Waals surface area contributed by atoms with Crippen LogP contribution >= 0.6 is 0 Å². The van der Waals surface area contributed by atoms with E-state index in [-0.39, 0.29) is 0 Å². The number of hydrogen-bond donors (Lipinski definition) is 1. The van der Waals surface area contributed by atoms with Crippen LogP contribution in [-0.2, 0) is 13.1 Å². The Balaban J connectivity index is 2.16. The molecule has 3 rings (SSSR count). The van der Waals surface area contributed by atoms with Crippen LogP contribution in [0.25, 0.3) is 11.5 Å². The molecule has 0 radical (unpaired) electrons. The molecule has 0 unspecified atom stereocenters. The Labute approximate surface area is 74.5 Å². The van der Waals surface area contributed by atoms with Crippen LogP contribution in [0.15, 0.2) is 27.3 Å². The van der Waals surface area contributed by atoms with Crippen molar-refractivity contribution in [3.05, 3.63) is 29.7 Å². The first kappa shape index (κ1) is 6.91. The van der Waals surface area contributed by atoms with Gasteiger partial charge in [0.05, 0.1) is 6.26 Å². The summed E-state index contributed by atoms with van der Waals surface area (Å²) in [5.41, 5.74) is 2.11. The fourth-order valence-electron chi connectivity index (χ4n) is 1.57. The van der Waals surface area contributed by atoms with Crippen molar-refractivity contribution >= 4 is 0 Å². The van der Waals surface area contributed by atoms with Gasteiger partial charge in [0.15, 0.2) is 5.76 Å². The van der Waals surface area contributed by atoms with Crippen molar-refractivity contribution in [3.8, 4) is 11.5 Å². The summed E-state index contributed by atoms with van der Waals surface area (Å²) < 4.78 is 10.4. The maximum Gasteiger partial charge on any atom is 0.206 e. The molecule has 0 bridgehead atoms. The van der Waals surface area contributed by atoms with Crippen molar-refractivity contribution < 1.29 is 8.94 Å². The van der Waals surface area contributed by atoms with Crippen LogP contribution in [0.1, 0.15) is 11.3 Å². The van der Waals surface area contributed by atoms with Gasteiger partial charge in [0.1, 0.15) is 5.69 Å². The van der Waals surface area contributed by atoms with Gasteiger partial charge in [0, 0.05) is 18.7 Å². The number of furan rings is 1. The molecule has 13 heavy (non-hydrogen) atoms. The third kappa shape index (κ3) is 0.922. The molecule has 0 saturated carbocycles. The lowest BCUT2D eigenvalue weighted by molar-refractivity contribution is 0.405. The van der Waals surface area contributed by atoms with Gasteiger partial charge in [0.25, 0.3) is 0 Å². The van der Waals surface area contributed by atoms with E-state index < -0.39 is 0 Å². The van der Waals surface area contributed by atoms with E-state index in [1.54, 1.807) is 6.26 Å². The minimum absolute atomic E-state index is 0.748. The fourth-order valence-corrected chi connectivity index (χ4v) is 1.57. The Hall–Kier alpha value is -1.55. The van der Waals surface area contributed by atoms with Crippen LogP contribution in [-0.4, -0.2) is 5.16 Å². The molecule has 3 heterocycles. The number of nitrogens with zero attached hydrogens (tertiary/aromatic N) is 1. The Morgan fingerprint density at radius 3 is 3.23 bits per heavy atom. The summed E-state index contributed by atoms with van der Waals surface area (Å²) in [5, 5.41) is 7.16. The zero-order valence-corrected chi connectivity index (χ0v) is 6.91. The average molecular weight is 176 g/mol. The lowest BCUT2D eigenvalue weighted by atomic mass is 10.2. The third-order valence-electron chi connectivity index (χ3n) is 2.21. The molecule has 0 atom stereocenters. The molecule has 4 heteroatoms. The number of nitrogens with one attached hydrogen (secondary N) is 1. The normalized spacial score (nSPS) is 14.8. The Kier molecular flexibility index (Phi) is 1.31. The first-order valence-corrected chi connectivity index (χ1v) is 4.17. The molecule has 4 nitrogen and oxygen atoms in total. The summed E-state index contributed by atoms with van der Waals surface area (Å²) in [6.07, 6.45) is 1.63. The lowest BCUT2D eigenvalue weighted by Gasteiger charge is -1.91. The van der Waals surface area contributed by atoms with Gasteiger partial charge in [-0.25, -0.2) is 0 Å². The number of rotatable bonds is 1. The van der Waals surface area contributed by atoms with E-state index >= 15 is 0 Å². The molecule has 0 amide bonds. The van der Waals surface area contributed by atoms with Gasteiger partial charge in [0.2, 0.25) is 5.76 Å². The molecule has 0 spiro atoms. The minimum atomic E-state index is 0.748. The largest absolute Gasteiger partial charge is 0.461 e. The van der Waals surface area contributed by atoms with E-state index in [2.05, 4.69) is 10.5 Å². The van der Waals surface area contributed by atoms with E-state index in [1.807, 2.05) is 12.1 Å². The van der Waals surface area contributed by atoms with Crippen LogP contribution in [0.5, 0.6) is 0 Å². The molecule has 1 N–H and O–H groups in total. The maximum atomic E-state index is 5.24. The lowest BCUT2D eigenvalue weighted by Crippen LogP contribution is -2.01. The summed E-state index contributed by atoms with van der Waals surface area (Å²) in [5.74, 6) is 1.50. The van der Waals surface area contributed by atoms with Gasteiger partial charge in [-0.15, -0.1) is 0 Å². The van der Waals surface area contributed by atoms with E-state index in [9.17, 15) is 0 Å². The standard InChI is InChI=1S/C9H8N2O2/c1-2-8(12-3-1)9-6-4-10-5-7(6)11-13-9/h1-3,10H,4-5H2. The van der Waals surface area contributed by atoms with Crippen molar-refractivity contribution in [2.24, 2.45) is 0 Å². The van der Waals surface area contributed by atoms with E-state index in [1.165, 1.54) is 0 Å². The zero-order chi connectivity index (χ0) is 8.67. The molecule has 0 aromatic carbocycles. The van der Waals surface area contributed by atoms with Crippen molar-refractivity contribution in [2.45, 2.75) is 13.1 Å². The molecule has 2 aromatic rings. The number of aromatic nitrogens is 1. The molecule has 66 valence electrons. The molecule has 0 fully saturated rings. The summed E-state index contributed by atoms with van der Waals surface area (Å²) in [4.78, 5) is 0. The van der Waals surface area contributed by atoms with Crippen molar-refractivity contribution in [1.82, 2.24) is 10.5 Å². The summed E-state index contributed by atoms with van der Waals surface area (Å²) in [6.45, 7) is 1.61. The molecular weight excluding hydrogens is 168 g/mol. The number of hydrogen-bond acceptors (Lipinski definition) is 4. The van der Waals surface area contributed by atoms with Gasteiger partial charge >= 0.3 is 0 Å². The maximum absolute atomic E-state index is 5.24. The van der Waals surface area contributed by atoms with Crippen LogP contribution in [0, 0.1) is 0 Å². The van der Waals surface area contributed by atoms with Gasteiger partial charge in [-0.3, -0.25) is 0 Å². The highest BCUT2D eigenvalue weighted by atomic mass is 16.5. The second kappa shape index (κ2) is 2.47. The van der Waals surface area contributed by atoms with Crippen molar-refractivity contribution in [3.63, 3.8) is 0 Å². The third-order valence-corrected chi connectivity index (χ3v) is 2.21. The first-order chi connectivity index (χ1) is 6.45.